The van der Waals surface area contributed by atoms with Crippen LogP contribution in [0, 0.1) is 24.0 Å². The van der Waals surface area contributed by atoms with Crippen molar-refractivity contribution in [1.82, 2.24) is 4.90 Å². The zero-order chi connectivity index (χ0) is 20.1. The number of thiophene rings is 1. The summed E-state index contributed by atoms with van der Waals surface area (Å²) >= 11 is 1.65. The van der Waals surface area contributed by atoms with Crippen molar-refractivity contribution in [3.63, 3.8) is 0 Å². The van der Waals surface area contributed by atoms with E-state index in [1.807, 2.05) is 29.3 Å². The SMILES string of the molecule is Cc1ccc([N+](=O)[O-])c(NC(=O)CN(Cc2cccs2)CC2CCCO2)c1C. The molecule has 8 heteroatoms. The largest absolute Gasteiger partial charge is 0.377 e. The predicted molar refractivity (Wildman–Crippen MR) is 110 cm³/mol. The van der Waals surface area contributed by atoms with Crippen LogP contribution in [0.15, 0.2) is 29.6 Å². The highest BCUT2D eigenvalue weighted by atomic mass is 32.1. The van der Waals surface area contributed by atoms with Crippen LogP contribution in [0.4, 0.5) is 11.4 Å². The molecule has 2 heterocycles. The molecule has 150 valence electrons. The Balaban J connectivity index is 1.72. The van der Waals surface area contributed by atoms with Crippen LogP contribution in [0.25, 0.3) is 0 Å². The average Bonchev–Trinajstić information content (AvgIpc) is 3.33. The molecule has 1 fully saturated rings. The number of anilines is 1. The Morgan fingerprint density at radius 3 is 2.86 bits per heavy atom. The maximum atomic E-state index is 12.8. The summed E-state index contributed by atoms with van der Waals surface area (Å²) in [7, 11) is 0. The molecule has 1 aliphatic rings. The molecular formula is C20H25N3O4S. The van der Waals surface area contributed by atoms with Crippen LogP contribution < -0.4 is 5.32 Å². The molecule has 7 nitrogen and oxygen atoms in total. The quantitative estimate of drug-likeness (QED) is 0.534. The minimum Gasteiger partial charge on any atom is -0.377 e. The topological polar surface area (TPSA) is 84.7 Å². The van der Waals surface area contributed by atoms with Gasteiger partial charge in [0.1, 0.15) is 5.69 Å². The molecule has 1 aliphatic heterocycles. The molecule has 1 amide bonds. The van der Waals surface area contributed by atoms with Crippen molar-refractivity contribution in [2.75, 3.05) is 25.0 Å². The molecule has 0 radical (unpaired) electrons. The van der Waals surface area contributed by atoms with Crippen molar-refractivity contribution < 1.29 is 14.5 Å². The molecule has 1 saturated heterocycles. The zero-order valence-corrected chi connectivity index (χ0v) is 17.0. The van der Waals surface area contributed by atoms with Gasteiger partial charge in [-0.3, -0.25) is 19.8 Å². The Morgan fingerprint density at radius 2 is 2.21 bits per heavy atom. The van der Waals surface area contributed by atoms with Crippen molar-refractivity contribution in [3.8, 4) is 0 Å². The molecule has 1 unspecified atom stereocenters. The second-order valence-electron chi connectivity index (χ2n) is 7.09. The van der Waals surface area contributed by atoms with Gasteiger partial charge in [-0.2, -0.15) is 0 Å². The number of carbonyl (C=O) groups is 1. The molecule has 0 saturated carbocycles. The van der Waals surface area contributed by atoms with E-state index < -0.39 is 4.92 Å². The van der Waals surface area contributed by atoms with Gasteiger partial charge in [0.05, 0.1) is 17.6 Å². The number of nitrogens with zero attached hydrogens (tertiary/aromatic N) is 2. The second kappa shape index (κ2) is 9.27. The number of rotatable bonds is 8. The summed E-state index contributed by atoms with van der Waals surface area (Å²) in [6.45, 7) is 5.89. The van der Waals surface area contributed by atoms with Crippen molar-refractivity contribution >= 4 is 28.6 Å². The van der Waals surface area contributed by atoms with Crippen LogP contribution in [0.2, 0.25) is 0 Å². The van der Waals surface area contributed by atoms with E-state index in [1.165, 1.54) is 10.9 Å². The van der Waals surface area contributed by atoms with Crippen molar-refractivity contribution in [2.45, 2.75) is 39.3 Å². The third-order valence-corrected chi connectivity index (χ3v) is 5.85. The standard InChI is InChI=1S/C20H25N3O4S/c1-14-7-8-18(23(25)26)20(15(14)2)21-19(24)13-22(11-16-5-3-9-27-16)12-17-6-4-10-28-17/h4,6-8,10,16H,3,5,9,11-13H2,1-2H3,(H,21,24). The summed E-state index contributed by atoms with van der Waals surface area (Å²) in [5.41, 5.74) is 1.81. The molecule has 2 aromatic rings. The molecule has 1 aromatic carbocycles. The summed E-state index contributed by atoms with van der Waals surface area (Å²) < 4.78 is 5.73. The number of hydrogen-bond donors (Lipinski definition) is 1. The van der Waals surface area contributed by atoms with E-state index in [2.05, 4.69) is 5.32 Å². The number of aryl methyl sites for hydroxylation is 1. The number of nitro benzene ring substituents is 1. The summed E-state index contributed by atoms with van der Waals surface area (Å²) in [6.07, 6.45) is 2.16. The smallest absolute Gasteiger partial charge is 0.293 e. The summed E-state index contributed by atoms with van der Waals surface area (Å²) in [5.74, 6) is -0.258. The van der Waals surface area contributed by atoms with Gasteiger partial charge in [-0.1, -0.05) is 12.1 Å². The highest BCUT2D eigenvalue weighted by Gasteiger charge is 2.23. The predicted octanol–water partition coefficient (Wildman–Crippen LogP) is 3.89. The van der Waals surface area contributed by atoms with Gasteiger partial charge >= 0.3 is 0 Å². The molecule has 1 atom stereocenters. The zero-order valence-electron chi connectivity index (χ0n) is 16.1. The lowest BCUT2D eigenvalue weighted by atomic mass is 10.1. The number of hydrogen-bond acceptors (Lipinski definition) is 6. The van der Waals surface area contributed by atoms with Gasteiger partial charge in [-0.15, -0.1) is 11.3 Å². The minimum atomic E-state index is -0.460. The van der Waals surface area contributed by atoms with Gasteiger partial charge in [0.25, 0.3) is 5.69 Å². The summed E-state index contributed by atoms with van der Waals surface area (Å²) in [5, 5.41) is 16.1. The Bertz CT molecular complexity index is 832. The van der Waals surface area contributed by atoms with E-state index >= 15 is 0 Å². The van der Waals surface area contributed by atoms with E-state index in [0.29, 0.717) is 18.7 Å². The van der Waals surface area contributed by atoms with E-state index in [9.17, 15) is 14.9 Å². The lowest BCUT2D eigenvalue weighted by Gasteiger charge is -2.24. The number of nitrogens with one attached hydrogen (secondary N) is 1. The molecule has 1 aromatic heterocycles. The van der Waals surface area contributed by atoms with Crippen LogP contribution in [0.3, 0.4) is 0 Å². The van der Waals surface area contributed by atoms with E-state index in [-0.39, 0.29) is 29.9 Å². The van der Waals surface area contributed by atoms with Gasteiger partial charge < -0.3 is 10.1 Å². The normalized spacial score (nSPS) is 16.5. The highest BCUT2D eigenvalue weighted by molar-refractivity contribution is 7.09. The van der Waals surface area contributed by atoms with E-state index in [1.54, 1.807) is 24.3 Å². The summed E-state index contributed by atoms with van der Waals surface area (Å²) in [6, 6.07) is 7.17. The van der Waals surface area contributed by atoms with Crippen LogP contribution >= 0.6 is 11.3 Å². The van der Waals surface area contributed by atoms with Gasteiger partial charge in [0.2, 0.25) is 5.91 Å². The Kier molecular flexibility index (Phi) is 6.77. The van der Waals surface area contributed by atoms with Crippen molar-refractivity contribution in [1.29, 1.82) is 0 Å². The number of carbonyl (C=O) groups excluding carboxylic acids is 1. The lowest BCUT2D eigenvalue weighted by molar-refractivity contribution is -0.384. The van der Waals surface area contributed by atoms with Gasteiger partial charge in [-0.25, -0.2) is 0 Å². The first-order chi connectivity index (χ1) is 13.4. The van der Waals surface area contributed by atoms with Gasteiger partial charge in [-0.05, 0) is 49.3 Å². The molecule has 0 aliphatic carbocycles. The Morgan fingerprint density at radius 1 is 1.39 bits per heavy atom. The molecule has 0 spiro atoms. The lowest BCUT2D eigenvalue weighted by Crippen LogP contribution is -2.37. The average molecular weight is 404 g/mol. The Hall–Kier alpha value is -2.29. The molecular weight excluding hydrogens is 378 g/mol. The third-order valence-electron chi connectivity index (χ3n) is 4.99. The number of ether oxygens (including phenoxy) is 1. The van der Waals surface area contributed by atoms with E-state index in [0.717, 1.165) is 25.0 Å². The number of amides is 1. The molecule has 3 rings (SSSR count). The van der Waals surface area contributed by atoms with Gasteiger partial charge in [0, 0.05) is 30.6 Å². The van der Waals surface area contributed by atoms with Crippen LogP contribution in [0.1, 0.15) is 28.8 Å². The summed E-state index contributed by atoms with van der Waals surface area (Å²) in [4.78, 5) is 26.9. The first-order valence-corrected chi connectivity index (χ1v) is 10.2. The fourth-order valence-electron chi connectivity index (χ4n) is 3.38. The first-order valence-electron chi connectivity index (χ1n) is 9.35. The maximum absolute atomic E-state index is 12.8. The van der Waals surface area contributed by atoms with Crippen LogP contribution in [-0.4, -0.2) is 41.5 Å². The molecule has 28 heavy (non-hydrogen) atoms. The molecule has 1 N–H and O–H groups in total. The number of nitro groups is 1. The fraction of sp³-hybridized carbons (Fsp3) is 0.450. The number of benzene rings is 1. The maximum Gasteiger partial charge on any atom is 0.293 e. The fourth-order valence-corrected chi connectivity index (χ4v) is 4.12. The monoisotopic (exact) mass is 403 g/mol. The highest BCUT2D eigenvalue weighted by Crippen LogP contribution is 2.30. The van der Waals surface area contributed by atoms with Crippen molar-refractivity contribution in [2.24, 2.45) is 0 Å². The van der Waals surface area contributed by atoms with Crippen LogP contribution in [-0.2, 0) is 16.1 Å². The van der Waals surface area contributed by atoms with E-state index in [4.69, 9.17) is 4.74 Å². The minimum absolute atomic E-state index is 0.0830. The van der Waals surface area contributed by atoms with Crippen LogP contribution in [0.5, 0.6) is 0 Å². The second-order valence-corrected chi connectivity index (χ2v) is 8.12. The van der Waals surface area contributed by atoms with Gasteiger partial charge in [0.15, 0.2) is 0 Å². The Labute approximate surface area is 168 Å². The van der Waals surface area contributed by atoms with Crippen molar-refractivity contribution in [3.05, 3.63) is 55.8 Å². The first kappa shape index (κ1) is 20.4. The third kappa shape index (κ3) is 5.15. The molecule has 0 bridgehead atoms.